The van der Waals surface area contributed by atoms with Gasteiger partial charge in [0.15, 0.2) is 0 Å². The topological polar surface area (TPSA) is 79.4 Å². The van der Waals surface area contributed by atoms with Crippen LogP contribution < -0.4 is 5.32 Å². The molecule has 0 bridgehead atoms. The van der Waals surface area contributed by atoms with Crippen molar-refractivity contribution in [2.24, 2.45) is 20.9 Å². The molecule has 0 spiro atoms. The Morgan fingerprint density at radius 1 is 1.26 bits per heavy atom. The zero-order chi connectivity index (χ0) is 24.7. The first kappa shape index (κ1) is 25.5. The van der Waals surface area contributed by atoms with E-state index >= 15 is 0 Å². The number of para-hydroxylation sites is 1. The van der Waals surface area contributed by atoms with Crippen LogP contribution >= 0.6 is 23.2 Å². The SMILES string of the molecule is C=N/C(=C\N=C1\C=C(Cl)C(Cl)=CC1)N1CCN(/C(=N\C#N)Nc2ccccc2C)C(C(C)C)C1. The Balaban J connectivity index is 1.80. The summed E-state index contributed by atoms with van der Waals surface area (Å²) in [5.74, 6) is 1.54. The van der Waals surface area contributed by atoms with E-state index in [1.165, 1.54) is 0 Å². The average molecular weight is 498 g/mol. The molecule has 1 aromatic rings. The molecule has 0 aromatic heterocycles. The Morgan fingerprint density at radius 3 is 2.68 bits per heavy atom. The maximum atomic E-state index is 9.36. The molecule has 1 saturated heterocycles. The molecule has 0 amide bonds. The van der Waals surface area contributed by atoms with E-state index in [0.29, 0.717) is 53.8 Å². The summed E-state index contributed by atoms with van der Waals surface area (Å²) < 4.78 is 0. The lowest BCUT2D eigenvalue weighted by Crippen LogP contribution is -2.58. The lowest BCUT2D eigenvalue weighted by Gasteiger charge is -2.45. The predicted octanol–water partition coefficient (Wildman–Crippen LogP) is 5.48. The number of anilines is 1. The minimum absolute atomic E-state index is 0.0981. The number of hydrogen-bond donors (Lipinski definition) is 1. The number of benzene rings is 1. The van der Waals surface area contributed by atoms with E-state index in [0.717, 1.165) is 17.0 Å². The lowest BCUT2D eigenvalue weighted by atomic mass is 9.99. The molecule has 34 heavy (non-hydrogen) atoms. The van der Waals surface area contributed by atoms with Crippen LogP contribution in [0.5, 0.6) is 0 Å². The van der Waals surface area contributed by atoms with Crippen molar-refractivity contribution in [3.63, 3.8) is 0 Å². The van der Waals surface area contributed by atoms with Gasteiger partial charge in [-0.3, -0.25) is 4.99 Å². The van der Waals surface area contributed by atoms with Gasteiger partial charge in [-0.05, 0) is 37.3 Å². The van der Waals surface area contributed by atoms with Gasteiger partial charge in [-0.1, -0.05) is 61.3 Å². The first-order valence-electron chi connectivity index (χ1n) is 11.1. The van der Waals surface area contributed by atoms with E-state index in [4.69, 9.17) is 23.2 Å². The molecule has 0 radical (unpaired) electrons. The van der Waals surface area contributed by atoms with Crippen LogP contribution in [-0.2, 0) is 0 Å². The average Bonchev–Trinajstić information content (AvgIpc) is 2.82. The summed E-state index contributed by atoms with van der Waals surface area (Å²) in [4.78, 5) is 17.2. The van der Waals surface area contributed by atoms with Crippen LogP contribution in [0.25, 0.3) is 0 Å². The van der Waals surface area contributed by atoms with Crippen molar-refractivity contribution in [3.05, 3.63) is 64.1 Å². The summed E-state index contributed by atoms with van der Waals surface area (Å²) in [6.45, 7) is 12.1. The van der Waals surface area contributed by atoms with Gasteiger partial charge < -0.3 is 15.1 Å². The molecule has 1 aliphatic carbocycles. The fraction of sp³-hybridized carbons (Fsp3) is 0.360. The zero-order valence-corrected chi connectivity index (χ0v) is 21.2. The molecular formula is C25H29Cl2N7. The maximum Gasteiger partial charge on any atom is 0.214 e. The molecule has 1 unspecified atom stereocenters. The van der Waals surface area contributed by atoms with E-state index in [-0.39, 0.29) is 6.04 Å². The van der Waals surface area contributed by atoms with E-state index < -0.39 is 0 Å². The summed E-state index contributed by atoms with van der Waals surface area (Å²) in [5.41, 5.74) is 2.82. The molecule has 1 aliphatic heterocycles. The second-order valence-corrected chi connectivity index (χ2v) is 9.25. The molecule has 1 fully saturated rings. The van der Waals surface area contributed by atoms with Crippen LogP contribution in [0, 0.1) is 24.3 Å². The van der Waals surface area contributed by atoms with Gasteiger partial charge >= 0.3 is 0 Å². The van der Waals surface area contributed by atoms with Gasteiger partial charge in [0.2, 0.25) is 12.2 Å². The van der Waals surface area contributed by atoms with Gasteiger partial charge in [0.1, 0.15) is 5.82 Å². The second-order valence-electron chi connectivity index (χ2n) is 8.44. The highest BCUT2D eigenvalue weighted by atomic mass is 35.5. The fourth-order valence-electron chi connectivity index (χ4n) is 3.92. The van der Waals surface area contributed by atoms with Gasteiger partial charge in [0, 0.05) is 37.5 Å². The van der Waals surface area contributed by atoms with Gasteiger partial charge in [0.25, 0.3) is 0 Å². The molecule has 7 nitrogen and oxygen atoms in total. The summed E-state index contributed by atoms with van der Waals surface area (Å²) in [6, 6.07) is 8.05. The number of piperazine rings is 1. The summed E-state index contributed by atoms with van der Waals surface area (Å²) in [7, 11) is 0. The summed E-state index contributed by atoms with van der Waals surface area (Å²) >= 11 is 12.1. The Morgan fingerprint density at radius 2 is 2.03 bits per heavy atom. The Bertz CT molecular complexity index is 1110. The molecule has 0 saturated carbocycles. The standard InChI is InChI=1S/C25H29Cl2N7/c1-17(2)23-15-33(24(29-4)14-30-19-9-10-20(26)21(27)13-19)11-12-34(23)25(31-16-28)32-22-8-6-5-7-18(22)3/h5-8,10,13-14,17,23H,4,9,11-12,15H2,1-3H3,(H,31,32)/b24-14+,30-19+. The number of nitrogens with zero attached hydrogens (tertiary/aromatic N) is 6. The molecule has 178 valence electrons. The van der Waals surface area contributed by atoms with E-state index in [9.17, 15) is 5.26 Å². The van der Waals surface area contributed by atoms with Gasteiger partial charge in [-0.2, -0.15) is 5.26 Å². The molecule has 1 N–H and O–H groups in total. The number of hydrogen-bond acceptors (Lipinski definition) is 5. The van der Waals surface area contributed by atoms with Crippen LogP contribution in [0.1, 0.15) is 25.8 Å². The molecule has 3 rings (SSSR count). The molecule has 1 heterocycles. The third-order valence-electron chi connectivity index (χ3n) is 5.85. The predicted molar refractivity (Wildman–Crippen MR) is 142 cm³/mol. The van der Waals surface area contributed by atoms with Gasteiger partial charge in [0.05, 0.1) is 22.3 Å². The van der Waals surface area contributed by atoms with Crippen molar-refractivity contribution < 1.29 is 0 Å². The highest BCUT2D eigenvalue weighted by molar-refractivity contribution is 6.45. The Labute approximate surface area is 211 Å². The molecule has 2 aliphatic rings. The number of halogens is 2. The molecular weight excluding hydrogens is 469 g/mol. The van der Waals surface area contributed by atoms with Gasteiger partial charge in [-0.15, -0.1) is 4.99 Å². The molecule has 9 heteroatoms. The van der Waals surface area contributed by atoms with E-state index in [1.807, 2.05) is 43.5 Å². The normalized spacial score (nSPS) is 20.7. The zero-order valence-electron chi connectivity index (χ0n) is 19.7. The summed E-state index contributed by atoms with van der Waals surface area (Å²) in [5, 5.41) is 13.7. The minimum atomic E-state index is 0.0981. The largest absolute Gasteiger partial charge is 0.352 e. The van der Waals surface area contributed by atoms with Crippen molar-refractivity contribution in [2.45, 2.75) is 33.2 Å². The number of aryl methyl sites for hydroxylation is 1. The summed E-state index contributed by atoms with van der Waals surface area (Å²) in [6.07, 6.45) is 7.88. The highest BCUT2D eigenvalue weighted by Crippen LogP contribution is 2.25. The van der Waals surface area contributed by atoms with Crippen molar-refractivity contribution in [2.75, 3.05) is 25.0 Å². The van der Waals surface area contributed by atoms with Crippen molar-refractivity contribution in [1.29, 1.82) is 5.26 Å². The maximum absolute atomic E-state index is 9.36. The lowest BCUT2D eigenvalue weighted by molar-refractivity contribution is 0.123. The highest BCUT2D eigenvalue weighted by Gasteiger charge is 2.32. The van der Waals surface area contributed by atoms with Crippen LogP contribution in [0.2, 0.25) is 0 Å². The third-order valence-corrected chi connectivity index (χ3v) is 6.62. The minimum Gasteiger partial charge on any atom is -0.352 e. The van der Waals surface area contributed by atoms with Crippen molar-refractivity contribution >= 4 is 47.3 Å². The monoisotopic (exact) mass is 497 g/mol. The second kappa shape index (κ2) is 11.9. The number of guanidine groups is 1. The van der Waals surface area contributed by atoms with Gasteiger partial charge in [-0.25, -0.2) is 4.99 Å². The number of nitrogens with one attached hydrogen (secondary N) is 1. The van der Waals surface area contributed by atoms with Crippen LogP contribution in [0.4, 0.5) is 5.69 Å². The smallest absolute Gasteiger partial charge is 0.214 e. The van der Waals surface area contributed by atoms with E-state index in [2.05, 4.69) is 50.7 Å². The number of allylic oxidation sites excluding steroid dienone is 4. The Kier molecular flexibility index (Phi) is 8.91. The molecule has 1 aromatic carbocycles. The number of aliphatic imine (C=N–C) groups is 3. The van der Waals surface area contributed by atoms with Crippen molar-refractivity contribution in [1.82, 2.24) is 9.80 Å². The van der Waals surface area contributed by atoms with Crippen LogP contribution in [0.3, 0.4) is 0 Å². The first-order valence-corrected chi connectivity index (χ1v) is 11.9. The number of nitriles is 1. The van der Waals surface area contributed by atoms with Crippen LogP contribution in [0.15, 0.2) is 73.5 Å². The third kappa shape index (κ3) is 6.28. The van der Waals surface area contributed by atoms with Crippen molar-refractivity contribution in [3.8, 4) is 6.19 Å². The van der Waals surface area contributed by atoms with E-state index in [1.54, 1.807) is 12.3 Å². The first-order chi connectivity index (χ1) is 16.3. The molecule has 1 atom stereocenters. The number of rotatable bonds is 5. The van der Waals surface area contributed by atoms with Crippen LogP contribution in [-0.4, -0.2) is 53.9 Å². The quantitative estimate of drug-likeness (QED) is 0.332. The Hall–Kier alpha value is -3.08. The fourth-order valence-corrected chi connectivity index (χ4v) is 4.25.